The minimum absolute atomic E-state index is 0.105. The van der Waals surface area contributed by atoms with Gasteiger partial charge < -0.3 is 15.4 Å². The smallest absolute Gasteiger partial charge is 0.251 e. The van der Waals surface area contributed by atoms with Crippen LogP contribution >= 0.6 is 0 Å². The quantitative estimate of drug-likeness (QED) is 0.875. The van der Waals surface area contributed by atoms with Crippen LogP contribution in [-0.2, 0) is 0 Å². The summed E-state index contributed by atoms with van der Waals surface area (Å²) in [5.74, 6) is -0.627. The number of piperidine rings is 1. The number of amides is 1. The predicted octanol–water partition coefficient (Wildman–Crippen LogP) is 1.70. The van der Waals surface area contributed by atoms with E-state index < -0.39 is 5.82 Å². The normalized spacial score (nSPS) is 22.9. The number of benzene rings is 1. The van der Waals surface area contributed by atoms with E-state index in [1.807, 2.05) is 0 Å². The number of carbonyl (C=O) groups excluding carboxylic acids is 1. The Balaban J connectivity index is 1.98. The topological polar surface area (TPSA) is 50.4 Å². The first-order chi connectivity index (χ1) is 9.10. The van der Waals surface area contributed by atoms with E-state index in [-0.39, 0.29) is 17.7 Å². The Hall–Kier alpha value is -1.62. The summed E-state index contributed by atoms with van der Waals surface area (Å²) in [7, 11) is 1.40. The molecule has 1 aromatic carbocycles. The van der Waals surface area contributed by atoms with Crippen molar-refractivity contribution < 1.29 is 13.9 Å². The van der Waals surface area contributed by atoms with E-state index in [4.69, 9.17) is 4.74 Å². The highest BCUT2D eigenvalue weighted by molar-refractivity contribution is 5.94. The van der Waals surface area contributed by atoms with Crippen molar-refractivity contribution in [3.63, 3.8) is 0 Å². The maximum atomic E-state index is 13.5. The largest absolute Gasteiger partial charge is 0.494 e. The molecule has 0 spiro atoms. The molecular weight excluding hydrogens is 247 g/mol. The molecule has 2 N–H and O–H groups in total. The summed E-state index contributed by atoms with van der Waals surface area (Å²) in [5, 5.41) is 6.22. The summed E-state index contributed by atoms with van der Waals surface area (Å²) >= 11 is 0. The van der Waals surface area contributed by atoms with E-state index in [1.165, 1.54) is 19.2 Å². The van der Waals surface area contributed by atoms with Crippen LogP contribution in [0, 0.1) is 5.82 Å². The Labute approximate surface area is 112 Å². The molecule has 1 aromatic rings. The molecule has 19 heavy (non-hydrogen) atoms. The predicted molar refractivity (Wildman–Crippen MR) is 70.9 cm³/mol. The number of ether oxygens (including phenoxy) is 1. The lowest BCUT2D eigenvalue weighted by molar-refractivity contribution is 0.0927. The summed E-state index contributed by atoms with van der Waals surface area (Å²) in [6.07, 6.45) is 1.97. The van der Waals surface area contributed by atoms with Crippen molar-refractivity contribution in [2.24, 2.45) is 0 Å². The number of hydrogen-bond donors (Lipinski definition) is 2. The van der Waals surface area contributed by atoms with Crippen molar-refractivity contribution in [2.75, 3.05) is 13.7 Å². The second-order valence-corrected chi connectivity index (χ2v) is 4.91. The van der Waals surface area contributed by atoms with Crippen molar-refractivity contribution in [1.29, 1.82) is 0 Å². The van der Waals surface area contributed by atoms with Crippen molar-refractivity contribution >= 4 is 5.91 Å². The first-order valence-electron chi connectivity index (χ1n) is 6.48. The molecule has 1 aliphatic rings. The van der Waals surface area contributed by atoms with Crippen LogP contribution in [-0.4, -0.2) is 31.6 Å². The maximum absolute atomic E-state index is 13.5. The number of carbonyl (C=O) groups is 1. The molecule has 1 saturated heterocycles. The molecule has 0 aliphatic carbocycles. The van der Waals surface area contributed by atoms with Crippen LogP contribution in [0.1, 0.15) is 30.1 Å². The van der Waals surface area contributed by atoms with E-state index in [9.17, 15) is 9.18 Å². The minimum atomic E-state index is -0.523. The van der Waals surface area contributed by atoms with Crippen molar-refractivity contribution in [1.82, 2.24) is 10.6 Å². The molecule has 4 nitrogen and oxygen atoms in total. The molecule has 0 radical (unpaired) electrons. The molecule has 1 fully saturated rings. The van der Waals surface area contributed by atoms with E-state index in [0.29, 0.717) is 11.6 Å². The van der Waals surface area contributed by atoms with Crippen molar-refractivity contribution in [2.45, 2.75) is 31.8 Å². The fraction of sp³-hybridized carbons (Fsp3) is 0.500. The SMILES string of the molecule is COc1ccc(C(=O)NC2CCC(C)NC2)cc1F. The van der Waals surface area contributed by atoms with Crippen LogP contribution in [0.15, 0.2) is 18.2 Å². The van der Waals surface area contributed by atoms with Crippen LogP contribution in [0.4, 0.5) is 4.39 Å². The molecule has 2 atom stereocenters. The average molecular weight is 266 g/mol. The first-order valence-corrected chi connectivity index (χ1v) is 6.48. The fourth-order valence-electron chi connectivity index (χ4n) is 2.20. The molecule has 1 aliphatic heterocycles. The van der Waals surface area contributed by atoms with Gasteiger partial charge in [0.25, 0.3) is 5.91 Å². The number of rotatable bonds is 3. The van der Waals surface area contributed by atoms with E-state index in [1.54, 1.807) is 6.07 Å². The highest BCUT2D eigenvalue weighted by Gasteiger charge is 2.20. The van der Waals surface area contributed by atoms with Crippen LogP contribution in [0.2, 0.25) is 0 Å². The fourth-order valence-corrected chi connectivity index (χ4v) is 2.20. The van der Waals surface area contributed by atoms with Gasteiger partial charge in [0.1, 0.15) is 0 Å². The standard InChI is InChI=1S/C14H19FN2O2/c1-9-3-5-11(8-16-9)17-14(18)10-4-6-13(19-2)12(15)7-10/h4,6-7,9,11,16H,3,5,8H2,1-2H3,(H,17,18). The van der Waals surface area contributed by atoms with Gasteiger partial charge in [-0.05, 0) is 38.0 Å². The van der Waals surface area contributed by atoms with Gasteiger partial charge in [0.15, 0.2) is 11.6 Å². The molecular formula is C14H19FN2O2. The van der Waals surface area contributed by atoms with Crippen LogP contribution < -0.4 is 15.4 Å². The van der Waals surface area contributed by atoms with Gasteiger partial charge >= 0.3 is 0 Å². The second kappa shape index (κ2) is 6.02. The summed E-state index contributed by atoms with van der Waals surface area (Å²) in [5.41, 5.74) is 0.317. The molecule has 1 amide bonds. The molecule has 1 heterocycles. The van der Waals surface area contributed by atoms with Gasteiger partial charge in [0.05, 0.1) is 7.11 Å². The van der Waals surface area contributed by atoms with Gasteiger partial charge in [0, 0.05) is 24.2 Å². The first kappa shape index (κ1) is 13.8. The van der Waals surface area contributed by atoms with Gasteiger partial charge in [-0.1, -0.05) is 0 Å². The van der Waals surface area contributed by atoms with Crippen LogP contribution in [0.25, 0.3) is 0 Å². The zero-order valence-electron chi connectivity index (χ0n) is 11.2. The molecule has 2 unspecified atom stereocenters. The second-order valence-electron chi connectivity index (χ2n) is 4.91. The molecule has 0 bridgehead atoms. The Kier molecular flexibility index (Phi) is 4.37. The zero-order chi connectivity index (χ0) is 13.8. The van der Waals surface area contributed by atoms with Crippen molar-refractivity contribution in [3.8, 4) is 5.75 Å². The third-order valence-corrected chi connectivity index (χ3v) is 3.41. The van der Waals surface area contributed by atoms with Gasteiger partial charge in [-0.2, -0.15) is 0 Å². The number of nitrogens with one attached hydrogen (secondary N) is 2. The molecule has 2 rings (SSSR count). The monoisotopic (exact) mass is 266 g/mol. The van der Waals surface area contributed by atoms with Crippen molar-refractivity contribution in [3.05, 3.63) is 29.6 Å². The Morgan fingerprint density at radius 1 is 1.47 bits per heavy atom. The molecule has 5 heteroatoms. The van der Waals surface area contributed by atoms with Gasteiger partial charge in [-0.3, -0.25) is 4.79 Å². The highest BCUT2D eigenvalue weighted by atomic mass is 19.1. The van der Waals surface area contributed by atoms with Crippen LogP contribution in [0.5, 0.6) is 5.75 Å². The third-order valence-electron chi connectivity index (χ3n) is 3.41. The Bertz CT molecular complexity index is 457. The minimum Gasteiger partial charge on any atom is -0.494 e. The Morgan fingerprint density at radius 3 is 2.84 bits per heavy atom. The highest BCUT2D eigenvalue weighted by Crippen LogP contribution is 2.18. The maximum Gasteiger partial charge on any atom is 0.251 e. The van der Waals surface area contributed by atoms with E-state index in [0.717, 1.165) is 19.4 Å². The summed E-state index contributed by atoms with van der Waals surface area (Å²) < 4.78 is 18.3. The average Bonchev–Trinajstić information content (AvgIpc) is 2.41. The third kappa shape index (κ3) is 3.44. The lowest BCUT2D eigenvalue weighted by Crippen LogP contribution is -2.48. The molecule has 0 aromatic heterocycles. The number of methoxy groups -OCH3 is 1. The number of hydrogen-bond acceptors (Lipinski definition) is 3. The number of halogens is 1. The lowest BCUT2D eigenvalue weighted by atomic mass is 10.0. The zero-order valence-corrected chi connectivity index (χ0v) is 11.2. The Morgan fingerprint density at radius 2 is 2.26 bits per heavy atom. The molecule has 104 valence electrons. The van der Waals surface area contributed by atoms with Gasteiger partial charge in [-0.25, -0.2) is 4.39 Å². The summed E-state index contributed by atoms with van der Waals surface area (Å²) in [6, 6.07) is 4.83. The summed E-state index contributed by atoms with van der Waals surface area (Å²) in [4.78, 5) is 12.0. The van der Waals surface area contributed by atoms with E-state index in [2.05, 4.69) is 17.6 Å². The summed E-state index contributed by atoms with van der Waals surface area (Å²) in [6.45, 7) is 2.88. The molecule has 0 saturated carbocycles. The van der Waals surface area contributed by atoms with Crippen LogP contribution in [0.3, 0.4) is 0 Å². The van der Waals surface area contributed by atoms with E-state index >= 15 is 0 Å². The lowest BCUT2D eigenvalue weighted by Gasteiger charge is -2.28. The van der Waals surface area contributed by atoms with Gasteiger partial charge in [-0.15, -0.1) is 0 Å². The van der Waals surface area contributed by atoms with Gasteiger partial charge in [0.2, 0.25) is 0 Å².